The predicted octanol–water partition coefficient (Wildman–Crippen LogP) is 9.42. The third-order valence-corrected chi connectivity index (χ3v) is 6.80. The van der Waals surface area contributed by atoms with Crippen LogP contribution >= 0.6 is 104 Å². The first-order valence-electron chi connectivity index (χ1n) is 7.83. The van der Waals surface area contributed by atoms with E-state index in [9.17, 15) is 0 Å². The summed E-state index contributed by atoms with van der Waals surface area (Å²) in [6.45, 7) is 0. The third-order valence-electron chi connectivity index (χ3n) is 3.71. The average molecular weight is 584 g/mol. The van der Waals surface area contributed by atoms with Gasteiger partial charge in [0.05, 0.1) is 40.2 Å². The number of halogens is 9. The molecule has 0 unspecified atom stereocenters. The van der Waals surface area contributed by atoms with Gasteiger partial charge in [-0.15, -0.1) is 0 Å². The van der Waals surface area contributed by atoms with Crippen LogP contribution in [0.1, 0.15) is 0 Å². The monoisotopic (exact) mass is 580 g/mol. The highest BCUT2D eigenvalue weighted by Crippen LogP contribution is 2.37. The minimum Gasteiger partial charge on any atom is -0.521 e. The zero-order valence-corrected chi connectivity index (χ0v) is 21.1. The SMILES string of the molecule is Clc1cc(Cl)c(OB(Oc2cc(Cl)c(Cl)cc2Cl)c2cc(Cl)c(Cl)cc2Cl)cc1Cl. The molecule has 0 spiro atoms. The predicted molar refractivity (Wildman–Crippen MR) is 131 cm³/mol. The van der Waals surface area contributed by atoms with Crippen LogP contribution in [0.15, 0.2) is 36.4 Å². The summed E-state index contributed by atoms with van der Waals surface area (Å²) in [5.41, 5.74) is 0.343. The van der Waals surface area contributed by atoms with Crippen LogP contribution in [0.5, 0.6) is 11.5 Å². The molecule has 0 bridgehead atoms. The lowest BCUT2D eigenvalue weighted by atomic mass is 9.78. The molecular weight excluding hydrogens is 578 g/mol. The summed E-state index contributed by atoms with van der Waals surface area (Å²) in [7, 11) is -1.17. The van der Waals surface area contributed by atoms with E-state index in [2.05, 4.69) is 0 Å². The molecule has 3 rings (SSSR count). The van der Waals surface area contributed by atoms with Crippen LogP contribution in [0.4, 0.5) is 0 Å². The van der Waals surface area contributed by atoms with Crippen molar-refractivity contribution in [3.05, 3.63) is 81.6 Å². The van der Waals surface area contributed by atoms with Gasteiger partial charge in [-0.2, -0.15) is 0 Å². The molecule has 0 heterocycles. The van der Waals surface area contributed by atoms with Gasteiger partial charge in [0.15, 0.2) is 0 Å². The van der Waals surface area contributed by atoms with E-state index < -0.39 is 7.12 Å². The normalized spacial score (nSPS) is 10.8. The summed E-state index contributed by atoms with van der Waals surface area (Å²) in [6.07, 6.45) is 0. The first kappa shape index (κ1) is 24.6. The largest absolute Gasteiger partial charge is 0.634 e. The van der Waals surface area contributed by atoms with E-state index in [1.807, 2.05) is 0 Å². The van der Waals surface area contributed by atoms with Crippen LogP contribution < -0.4 is 14.8 Å². The molecule has 0 atom stereocenters. The summed E-state index contributed by atoms with van der Waals surface area (Å²) in [4.78, 5) is 0. The van der Waals surface area contributed by atoms with E-state index in [-0.39, 0.29) is 56.7 Å². The van der Waals surface area contributed by atoms with Gasteiger partial charge in [0.2, 0.25) is 0 Å². The van der Waals surface area contributed by atoms with Crippen molar-refractivity contribution in [2.45, 2.75) is 0 Å². The molecule has 3 aromatic rings. The minimum absolute atomic E-state index is 0.175. The fraction of sp³-hybridized carbons (Fsp3) is 0. The standard InChI is InChI=1S/C18H6BCl9O2/c20-8-2-10(22)9(21)1-7(8)19(29-17-5-13(25)11(23)3-15(17)27)30-18-6-14(26)12(24)4-16(18)28/h1-6H. The van der Waals surface area contributed by atoms with E-state index in [0.717, 1.165) is 0 Å². The molecule has 0 aromatic heterocycles. The Hall–Kier alpha value is -0.0651. The molecule has 2 nitrogen and oxygen atoms in total. The third kappa shape index (κ3) is 5.64. The molecule has 0 fully saturated rings. The maximum Gasteiger partial charge on any atom is 0.634 e. The maximum atomic E-state index is 6.36. The molecule has 0 aliphatic carbocycles. The summed E-state index contributed by atoms with van der Waals surface area (Å²) in [6, 6.07) is 8.68. The Kier molecular flexibility index (Phi) is 8.40. The Morgan fingerprint density at radius 2 is 0.733 bits per heavy atom. The van der Waals surface area contributed by atoms with Gasteiger partial charge in [0.1, 0.15) is 11.5 Å². The van der Waals surface area contributed by atoms with Crippen molar-refractivity contribution in [2.75, 3.05) is 0 Å². The minimum atomic E-state index is -1.17. The first-order chi connectivity index (χ1) is 14.1. The smallest absolute Gasteiger partial charge is 0.521 e. The second-order valence-electron chi connectivity index (χ2n) is 5.75. The first-order valence-corrected chi connectivity index (χ1v) is 11.2. The van der Waals surface area contributed by atoms with E-state index in [0.29, 0.717) is 5.46 Å². The second kappa shape index (κ2) is 10.3. The van der Waals surface area contributed by atoms with E-state index in [1.54, 1.807) is 0 Å². The van der Waals surface area contributed by atoms with Crippen LogP contribution in [0.25, 0.3) is 0 Å². The van der Waals surface area contributed by atoms with Crippen molar-refractivity contribution < 1.29 is 9.31 Å². The Labute approximate surface area is 217 Å². The van der Waals surface area contributed by atoms with Gasteiger partial charge < -0.3 is 9.31 Å². The molecule has 0 aliphatic heterocycles. The molecule has 0 N–H and O–H groups in total. The maximum absolute atomic E-state index is 6.36. The van der Waals surface area contributed by atoms with Crippen molar-refractivity contribution in [3.63, 3.8) is 0 Å². The Bertz CT molecular complexity index is 1060. The Morgan fingerprint density at radius 1 is 0.400 bits per heavy atom. The molecule has 0 amide bonds. The molecule has 3 aromatic carbocycles. The number of rotatable bonds is 5. The van der Waals surface area contributed by atoms with Gasteiger partial charge in [-0.1, -0.05) is 104 Å². The van der Waals surface area contributed by atoms with Gasteiger partial charge in [0.25, 0.3) is 0 Å². The number of benzene rings is 3. The highest BCUT2D eigenvalue weighted by Gasteiger charge is 2.32. The summed E-state index contributed by atoms with van der Waals surface area (Å²) < 4.78 is 11.9. The lowest BCUT2D eigenvalue weighted by Gasteiger charge is -2.20. The molecule has 156 valence electrons. The highest BCUT2D eigenvalue weighted by molar-refractivity contribution is 6.67. The molecule has 0 aliphatic rings. The quantitative estimate of drug-likeness (QED) is 0.220. The molecule has 0 radical (unpaired) electrons. The zero-order valence-electron chi connectivity index (χ0n) is 14.3. The van der Waals surface area contributed by atoms with Crippen molar-refractivity contribution in [3.8, 4) is 11.5 Å². The van der Waals surface area contributed by atoms with Crippen molar-refractivity contribution in [1.29, 1.82) is 0 Å². The van der Waals surface area contributed by atoms with Gasteiger partial charge in [-0.3, -0.25) is 0 Å². The summed E-state index contributed by atoms with van der Waals surface area (Å²) in [5, 5.41) is 2.05. The van der Waals surface area contributed by atoms with Gasteiger partial charge in [0, 0.05) is 22.6 Å². The van der Waals surface area contributed by atoms with Crippen LogP contribution in [-0.2, 0) is 0 Å². The van der Waals surface area contributed by atoms with Crippen molar-refractivity contribution in [2.24, 2.45) is 0 Å². The van der Waals surface area contributed by atoms with Gasteiger partial charge in [-0.25, -0.2) is 0 Å². The van der Waals surface area contributed by atoms with Crippen LogP contribution in [-0.4, -0.2) is 7.12 Å². The molecular formula is C18H6BCl9O2. The highest BCUT2D eigenvalue weighted by atomic mass is 35.5. The molecule has 0 saturated heterocycles. The van der Waals surface area contributed by atoms with E-state index in [4.69, 9.17) is 114 Å². The number of hydrogen-bond acceptors (Lipinski definition) is 2. The molecule has 12 heteroatoms. The van der Waals surface area contributed by atoms with Crippen molar-refractivity contribution in [1.82, 2.24) is 0 Å². The lowest BCUT2D eigenvalue weighted by Crippen LogP contribution is -2.43. The van der Waals surface area contributed by atoms with Gasteiger partial charge in [-0.05, 0) is 24.3 Å². The van der Waals surface area contributed by atoms with E-state index >= 15 is 0 Å². The van der Waals surface area contributed by atoms with Crippen molar-refractivity contribution >= 4 is 117 Å². The fourth-order valence-electron chi connectivity index (χ4n) is 2.29. The molecule has 0 saturated carbocycles. The molecule has 30 heavy (non-hydrogen) atoms. The lowest BCUT2D eigenvalue weighted by molar-refractivity contribution is 0.439. The average Bonchev–Trinajstić information content (AvgIpc) is 2.66. The van der Waals surface area contributed by atoms with Gasteiger partial charge >= 0.3 is 7.12 Å². The summed E-state index contributed by atoms with van der Waals surface area (Å²) in [5.74, 6) is 0.351. The fourth-order valence-corrected chi connectivity index (χ4v) is 4.10. The van der Waals surface area contributed by atoms with Crippen LogP contribution in [0.2, 0.25) is 45.2 Å². The summed E-state index contributed by atoms with van der Waals surface area (Å²) >= 11 is 55.2. The van der Waals surface area contributed by atoms with E-state index in [1.165, 1.54) is 36.4 Å². The number of hydrogen-bond donors (Lipinski definition) is 0. The second-order valence-corrected chi connectivity index (χ2v) is 9.41. The topological polar surface area (TPSA) is 18.5 Å². The Morgan fingerprint density at radius 3 is 1.17 bits per heavy atom. The Balaban J connectivity index is 2.09. The zero-order chi connectivity index (χ0) is 22.2. The van der Waals surface area contributed by atoms with Crippen LogP contribution in [0.3, 0.4) is 0 Å². The van der Waals surface area contributed by atoms with Crippen LogP contribution in [0, 0.1) is 0 Å².